The van der Waals surface area contributed by atoms with Crippen LogP contribution in [0.3, 0.4) is 0 Å². The van der Waals surface area contributed by atoms with Gasteiger partial charge in [0.05, 0.1) is 5.69 Å². The highest BCUT2D eigenvalue weighted by molar-refractivity contribution is 5.92. The van der Waals surface area contributed by atoms with Crippen LogP contribution in [0, 0.1) is 0 Å². The van der Waals surface area contributed by atoms with Crippen LogP contribution in [-0.4, -0.2) is 23.6 Å². The van der Waals surface area contributed by atoms with Gasteiger partial charge < -0.3 is 10.2 Å². The van der Waals surface area contributed by atoms with Gasteiger partial charge >= 0.3 is 0 Å². The van der Waals surface area contributed by atoms with E-state index in [-0.39, 0.29) is 0 Å². The number of fused-ring (bicyclic) bond motifs is 1. The largest absolute Gasteiger partial charge is 0.354 e. The smallest absolute Gasteiger partial charge is 0.137 e. The van der Waals surface area contributed by atoms with Crippen molar-refractivity contribution in [3.8, 4) is 0 Å². The van der Waals surface area contributed by atoms with Gasteiger partial charge in [-0.3, -0.25) is 0 Å². The molecule has 3 nitrogen and oxygen atoms in total. The minimum Gasteiger partial charge on any atom is -0.354 e. The van der Waals surface area contributed by atoms with E-state index in [4.69, 9.17) is 4.98 Å². The van der Waals surface area contributed by atoms with Gasteiger partial charge in [-0.2, -0.15) is 0 Å². The molecule has 0 spiro atoms. The Bertz CT molecular complexity index is 590. The number of benzene rings is 1. The summed E-state index contributed by atoms with van der Waals surface area (Å²) in [4.78, 5) is 7.29. The summed E-state index contributed by atoms with van der Waals surface area (Å²) in [5.41, 5.74) is 1.11. The first-order chi connectivity index (χ1) is 10.0. The molecule has 0 aliphatic heterocycles. The lowest BCUT2D eigenvalue weighted by molar-refractivity contribution is 0.580. The van der Waals surface area contributed by atoms with Crippen molar-refractivity contribution >= 4 is 16.6 Å². The maximum Gasteiger partial charge on any atom is 0.137 e. The fourth-order valence-corrected chi connectivity index (χ4v) is 2.61. The van der Waals surface area contributed by atoms with Crippen molar-refractivity contribution in [2.24, 2.45) is 0 Å². The van der Waals surface area contributed by atoms with E-state index in [2.05, 4.69) is 75.2 Å². The highest BCUT2D eigenvalue weighted by Gasteiger charge is 2.14. The van der Waals surface area contributed by atoms with Crippen LogP contribution in [0.5, 0.6) is 0 Å². The van der Waals surface area contributed by atoms with Crippen LogP contribution in [-0.2, 0) is 6.54 Å². The molecule has 3 heteroatoms. The van der Waals surface area contributed by atoms with Crippen molar-refractivity contribution < 1.29 is 0 Å². The fourth-order valence-electron chi connectivity index (χ4n) is 2.61. The minimum absolute atomic E-state index is 0.444. The van der Waals surface area contributed by atoms with Crippen LogP contribution >= 0.6 is 0 Å². The standard InChI is InChI=1S/C18H27N3/c1-6-21(14(4)5)18-17-10-8-7-9-15(17)11-16(20-18)12-19-13(2)3/h7-11,13-14,19H,6,12H2,1-5H3. The molecular formula is C18H27N3. The molecular weight excluding hydrogens is 258 g/mol. The zero-order chi connectivity index (χ0) is 15.4. The van der Waals surface area contributed by atoms with Crippen LogP contribution in [0.25, 0.3) is 10.8 Å². The Morgan fingerprint density at radius 3 is 2.48 bits per heavy atom. The molecule has 1 N–H and O–H groups in total. The number of hydrogen-bond donors (Lipinski definition) is 1. The summed E-state index contributed by atoms with van der Waals surface area (Å²) < 4.78 is 0. The van der Waals surface area contributed by atoms with Crippen molar-refractivity contribution in [1.82, 2.24) is 10.3 Å². The van der Waals surface area contributed by atoms with E-state index < -0.39 is 0 Å². The number of hydrogen-bond acceptors (Lipinski definition) is 3. The fraction of sp³-hybridized carbons (Fsp3) is 0.500. The van der Waals surface area contributed by atoms with E-state index in [0.717, 1.165) is 24.6 Å². The number of aromatic nitrogens is 1. The first kappa shape index (κ1) is 15.8. The van der Waals surface area contributed by atoms with E-state index in [9.17, 15) is 0 Å². The third-order valence-electron chi connectivity index (χ3n) is 3.70. The first-order valence-corrected chi connectivity index (χ1v) is 7.91. The number of pyridine rings is 1. The minimum atomic E-state index is 0.444. The molecule has 0 aliphatic carbocycles. The predicted molar refractivity (Wildman–Crippen MR) is 91.9 cm³/mol. The van der Waals surface area contributed by atoms with Crippen molar-refractivity contribution in [2.45, 2.75) is 53.2 Å². The third kappa shape index (κ3) is 3.73. The van der Waals surface area contributed by atoms with Crippen molar-refractivity contribution in [3.05, 3.63) is 36.0 Å². The zero-order valence-electron chi connectivity index (χ0n) is 13.9. The molecule has 0 radical (unpaired) electrons. The van der Waals surface area contributed by atoms with E-state index >= 15 is 0 Å². The second-order valence-corrected chi connectivity index (χ2v) is 6.07. The van der Waals surface area contributed by atoms with Gasteiger partial charge in [-0.05, 0) is 32.2 Å². The lowest BCUT2D eigenvalue weighted by atomic mass is 10.1. The number of rotatable bonds is 6. The molecule has 0 fully saturated rings. The first-order valence-electron chi connectivity index (χ1n) is 7.91. The summed E-state index contributed by atoms with van der Waals surface area (Å²) in [6.07, 6.45) is 0. The third-order valence-corrected chi connectivity index (χ3v) is 3.70. The van der Waals surface area contributed by atoms with E-state index in [1.807, 2.05) is 0 Å². The van der Waals surface area contributed by atoms with Gasteiger partial charge in [-0.1, -0.05) is 38.1 Å². The molecule has 2 rings (SSSR count). The van der Waals surface area contributed by atoms with Gasteiger partial charge in [0, 0.05) is 30.6 Å². The SMILES string of the molecule is CCN(c1nc(CNC(C)C)cc2ccccc12)C(C)C. The Balaban J connectivity index is 2.49. The highest BCUT2D eigenvalue weighted by atomic mass is 15.2. The Kier molecular flexibility index (Phi) is 5.18. The molecule has 0 bridgehead atoms. The molecule has 1 aromatic heterocycles. The quantitative estimate of drug-likeness (QED) is 0.870. The normalized spacial score (nSPS) is 11.6. The molecule has 2 aromatic rings. The molecule has 21 heavy (non-hydrogen) atoms. The summed E-state index contributed by atoms with van der Waals surface area (Å²) in [7, 11) is 0. The van der Waals surface area contributed by atoms with E-state index in [1.165, 1.54) is 10.8 Å². The molecule has 0 saturated carbocycles. The highest BCUT2D eigenvalue weighted by Crippen LogP contribution is 2.27. The summed E-state index contributed by atoms with van der Waals surface area (Å²) in [6, 6.07) is 11.6. The monoisotopic (exact) mass is 285 g/mol. The van der Waals surface area contributed by atoms with Gasteiger partial charge in [-0.15, -0.1) is 0 Å². The summed E-state index contributed by atoms with van der Waals surface area (Å²) in [6.45, 7) is 12.7. The summed E-state index contributed by atoms with van der Waals surface area (Å²) >= 11 is 0. The summed E-state index contributed by atoms with van der Waals surface area (Å²) in [5, 5.41) is 5.96. The van der Waals surface area contributed by atoms with Crippen molar-refractivity contribution in [1.29, 1.82) is 0 Å². The van der Waals surface area contributed by atoms with E-state index in [0.29, 0.717) is 12.1 Å². The van der Waals surface area contributed by atoms with Crippen LogP contribution < -0.4 is 10.2 Å². The molecule has 0 aliphatic rings. The second kappa shape index (κ2) is 6.90. The Morgan fingerprint density at radius 2 is 1.86 bits per heavy atom. The molecule has 0 saturated heterocycles. The molecule has 0 unspecified atom stereocenters. The van der Waals surface area contributed by atoms with Gasteiger partial charge in [-0.25, -0.2) is 4.98 Å². The molecule has 0 amide bonds. The van der Waals surface area contributed by atoms with Crippen molar-refractivity contribution in [3.63, 3.8) is 0 Å². The second-order valence-electron chi connectivity index (χ2n) is 6.07. The Morgan fingerprint density at radius 1 is 1.14 bits per heavy atom. The molecule has 114 valence electrons. The average Bonchev–Trinajstić information content (AvgIpc) is 2.45. The average molecular weight is 285 g/mol. The molecule has 0 atom stereocenters. The topological polar surface area (TPSA) is 28.2 Å². The van der Waals surface area contributed by atoms with Crippen LogP contribution in [0.15, 0.2) is 30.3 Å². The van der Waals surface area contributed by atoms with Gasteiger partial charge in [0.15, 0.2) is 0 Å². The molecule has 1 heterocycles. The maximum atomic E-state index is 4.93. The zero-order valence-corrected chi connectivity index (χ0v) is 13.9. The number of anilines is 1. The van der Waals surface area contributed by atoms with E-state index in [1.54, 1.807) is 0 Å². The van der Waals surface area contributed by atoms with Crippen molar-refractivity contribution in [2.75, 3.05) is 11.4 Å². The van der Waals surface area contributed by atoms with Gasteiger partial charge in [0.2, 0.25) is 0 Å². The number of nitrogens with zero attached hydrogens (tertiary/aromatic N) is 2. The Labute approximate surface area is 128 Å². The van der Waals surface area contributed by atoms with Gasteiger partial charge in [0.1, 0.15) is 5.82 Å². The van der Waals surface area contributed by atoms with Crippen LogP contribution in [0.4, 0.5) is 5.82 Å². The lowest BCUT2D eigenvalue weighted by Crippen LogP contribution is -2.32. The summed E-state index contributed by atoms with van der Waals surface area (Å²) in [5.74, 6) is 1.10. The van der Waals surface area contributed by atoms with Crippen LogP contribution in [0.1, 0.15) is 40.3 Å². The van der Waals surface area contributed by atoms with Gasteiger partial charge in [0.25, 0.3) is 0 Å². The number of nitrogens with one attached hydrogen (secondary N) is 1. The van der Waals surface area contributed by atoms with Crippen LogP contribution in [0.2, 0.25) is 0 Å². The predicted octanol–water partition coefficient (Wildman–Crippen LogP) is 3.97. The maximum absolute atomic E-state index is 4.93. The lowest BCUT2D eigenvalue weighted by Gasteiger charge is -2.28. The molecule has 1 aromatic carbocycles. The Hall–Kier alpha value is -1.61.